The lowest BCUT2D eigenvalue weighted by Gasteiger charge is -2.13. The van der Waals surface area contributed by atoms with Gasteiger partial charge in [0.05, 0.1) is 0 Å². The van der Waals surface area contributed by atoms with Crippen molar-refractivity contribution in [3.63, 3.8) is 0 Å². The van der Waals surface area contributed by atoms with E-state index in [0.29, 0.717) is 18.7 Å². The molecule has 1 aromatic rings. The number of aromatic nitrogens is 1. The van der Waals surface area contributed by atoms with Crippen molar-refractivity contribution >= 4 is 11.9 Å². The molecule has 0 saturated carbocycles. The molecular formula is C11H16N2O3. The van der Waals surface area contributed by atoms with E-state index >= 15 is 0 Å². The summed E-state index contributed by atoms with van der Waals surface area (Å²) in [6.07, 6.45) is 2.16. The molecule has 0 aromatic carbocycles. The summed E-state index contributed by atoms with van der Waals surface area (Å²) in [5.41, 5.74) is 0.488. The number of carbonyl (C=O) groups excluding carboxylic acids is 1. The number of hydrogen-bond donors (Lipinski definition) is 2. The average Bonchev–Trinajstić information content (AvgIpc) is 2.72. The molecule has 5 heteroatoms. The first-order chi connectivity index (χ1) is 7.60. The Balaban J connectivity index is 2.75. The Kier molecular flexibility index (Phi) is 4.10. The van der Waals surface area contributed by atoms with Gasteiger partial charge in [-0.05, 0) is 25.5 Å². The fraction of sp³-hybridized carbons (Fsp3) is 0.455. The van der Waals surface area contributed by atoms with Crippen LogP contribution in [0.4, 0.5) is 0 Å². The number of amides is 1. The van der Waals surface area contributed by atoms with Crippen molar-refractivity contribution in [2.24, 2.45) is 0 Å². The van der Waals surface area contributed by atoms with Crippen molar-refractivity contribution in [3.8, 4) is 0 Å². The summed E-state index contributed by atoms with van der Waals surface area (Å²) < 4.78 is 1.77. The number of nitrogens with one attached hydrogen (secondary N) is 1. The first-order valence-corrected chi connectivity index (χ1v) is 5.29. The predicted octanol–water partition coefficient (Wildman–Crippen LogP) is 1.10. The van der Waals surface area contributed by atoms with Crippen LogP contribution in [0.3, 0.4) is 0 Å². The van der Waals surface area contributed by atoms with Gasteiger partial charge in [0.1, 0.15) is 11.7 Å². The van der Waals surface area contributed by atoms with Crippen LogP contribution in [0.1, 0.15) is 30.8 Å². The second kappa shape index (κ2) is 5.34. The summed E-state index contributed by atoms with van der Waals surface area (Å²) in [5.74, 6) is -1.36. The minimum absolute atomic E-state index is 0.346. The summed E-state index contributed by atoms with van der Waals surface area (Å²) in [6, 6.07) is 2.61. The summed E-state index contributed by atoms with van der Waals surface area (Å²) in [4.78, 5) is 22.5. The summed E-state index contributed by atoms with van der Waals surface area (Å²) >= 11 is 0. The third-order valence-electron chi connectivity index (χ3n) is 2.41. The monoisotopic (exact) mass is 224 g/mol. The molecule has 0 aliphatic rings. The van der Waals surface area contributed by atoms with Crippen molar-refractivity contribution in [1.82, 2.24) is 9.88 Å². The highest BCUT2D eigenvalue weighted by Crippen LogP contribution is 2.03. The highest BCUT2D eigenvalue weighted by atomic mass is 16.4. The summed E-state index contributed by atoms with van der Waals surface area (Å²) in [5, 5.41) is 11.3. The van der Waals surface area contributed by atoms with E-state index in [-0.39, 0.29) is 5.91 Å². The quantitative estimate of drug-likeness (QED) is 0.786. The van der Waals surface area contributed by atoms with Crippen molar-refractivity contribution in [3.05, 3.63) is 24.0 Å². The number of carboxylic acid groups (broad SMARTS) is 1. The molecule has 0 radical (unpaired) electrons. The number of aliphatic carboxylic acids is 1. The van der Waals surface area contributed by atoms with Gasteiger partial charge in [0.25, 0.3) is 5.91 Å². The molecule has 0 unspecified atom stereocenters. The number of aryl methyl sites for hydroxylation is 1. The maximum atomic E-state index is 11.8. The van der Waals surface area contributed by atoms with Gasteiger partial charge in [0.15, 0.2) is 0 Å². The number of rotatable bonds is 5. The maximum absolute atomic E-state index is 11.8. The number of carbonyl (C=O) groups is 2. The van der Waals surface area contributed by atoms with Gasteiger partial charge in [0.2, 0.25) is 0 Å². The lowest BCUT2D eigenvalue weighted by Crippen LogP contribution is -2.40. The second-order valence-electron chi connectivity index (χ2n) is 3.45. The van der Waals surface area contributed by atoms with Gasteiger partial charge in [-0.1, -0.05) is 6.92 Å². The zero-order valence-electron chi connectivity index (χ0n) is 9.43. The Hall–Kier alpha value is -1.78. The minimum Gasteiger partial charge on any atom is -0.480 e. The molecule has 5 nitrogen and oxygen atoms in total. The molecule has 1 aromatic heterocycles. The van der Waals surface area contributed by atoms with Crippen LogP contribution in [0, 0.1) is 0 Å². The van der Waals surface area contributed by atoms with Gasteiger partial charge in [-0.15, -0.1) is 0 Å². The fourth-order valence-electron chi connectivity index (χ4n) is 1.47. The van der Waals surface area contributed by atoms with Crippen molar-refractivity contribution in [1.29, 1.82) is 0 Å². The van der Waals surface area contributed by atoms with Gasteiger partial charge >= 0.3 is 5.97 Å². The summed E-state index contributed by atoms with van der Waals surface area (Å²) in [7, 11) is 0. The van der Waals surface area contributed by atoms with Crippen molar-refractivity contribution < 1.29 is 14.7 Å². The highest BCUT2D eigenvalue weighted by molar-refractivity contribution is 5.95. The van der Waals surface area contributed by atoms with E-state index in [4.69, 9.17) is 5.11 Å². The van der Waals surface area contributed by atoms with Gasteiger partial charge in [-0.2, -0.15) is 0 Å². The molecule has 2 N–H and O–H groups in total. The highest BCUT2D eigenvalue weighted by Gasteiger charge is 2.19. The SMILES string of the molecule is CC[C@@H](NC(=O)c1cccn1CC)C(=O)O. The van der Waals surface area contributed by atoms with Gasteiger partial charge < -0.3 is 15.0 Å². The van der Waals surface area contributed by atoms with E-state index in [0.717, 1.165) is 0 Å². The van der Waals surface area contributed by atoms with E-state index in [1.54, 1.807) is 29.8 Å². The number of hydrogen-bond acceptors (Lipinski definition) is 2. The molecule has 0 aliphatic carbocycles. The molecule has 1 rings (SSSR count). The molecule has 0 bridgehead atoms. The molecule has 0 aliphatic heterocycles. The molecule has 88 valence electrons. The Bertz CT molecular complexity index is 384. The van der Waals surface area contributed by atoms with Crippen LogP contribution >= 0.6 is 0 Å². The Morgan fingerprint density at radius 1 is 1.50 bits per heavy atom. The van der Waals surface area contributed by atoms with Crippen LogP contribution in [0.5, 0.6) is 0 Å². The molecule has 0 spiro atoms. The second-order valence-corrected chi connectivity index (χ2v) is 3.45. The molecular weight excluding hydrogens is 208 g/mol. The number of carboxylic acids is 1. The topological polar surface area (TPSA) is 71.3 Å². The van der Waals surface area contributed by atoms with E-state index < -0.39 is 12.0 Å². The van der Waals surface area contributed by atoms with Crippen LogP contribution in [0.25, 0.3) is 0 Å². The predicted molar refractivity (Wildman–Crippen MR) is 59.3 cm³/mol. The molecule has 0 saturated heterocycles. The van der Waals surface area contributed by atoms with Gasteiger partial charge in [-0.3, -0.25) is 4.79 Å². The Labute approximate surface area is 94.1 Å². The van der Waals surface area contributed by atoms with Crippen LogP contribution in [0.15, 0.2) is 18.3 Å². The normalized spacial score (nSPS) is 12.1. The smallest absolute Gasteiger partial charge is 0.326 e. The van der Waals surface area contributed by atoms with Crippen LogP contribution in [-0.4, -0.2) is 27.6 Å². The maximum Gasteiger partial charge on any atom is 0.326 e. The zero-order valence-corrected chi connectivity index (χ0v) is 9.43. The average molecular weight is 224 g/mol. The standard InChI is InChI=1S/C11H16N2O3/c1-3-8(11(15)16)12-10(14)9-6-5-7-13(9)4-2/h5-8H,3-4H2,1-2H3,(H,12,14)(H,15,16)/t8-/m1/s1. The van der Waals surface area contributed by atoms with Gasteiger partial charge in [-0.25, -0.2) is 4.79 Å². The first kappa shape index (κ1) is 12.3. The van der Waals surface area contributed by atoms with E-state index in [2.05, 4.69) is 5.32 Å². The number of nitrogens with zero attached hydrogens (tertiary/aromatic N) is 1. The largest absolute Gasteiger partial charge is 0.480 e. The Morgan fingerprint density at radius 3 is 2.69 bits per heavy atom. The molecule has 1 amide bonds. The van der Waals surface area contributed by atoms with Crippen molar-refractivity contribution in [2.75, 3.05) is 0 Å². The van der Waals surface area contributed by atoms with Crippen LogP contribution in [-0.2, 0) is 11.3 Å². The fourth-order valence-corrected chi connectivity index (χ4v) is 1.47. The third kappa shape index (κ3) is 2.62. The third-order valence-corrected chi connectivity index (χ3v) is 2.41. The van der Waals surface area contributed by atoms with Gasteiger partial charge in [0, 0.05) is 12.7 Å². The van der Waals surface area contributed by atoms with E-state index in [1.165, 1.54) is 0 Å². The van der Waals surface area contributed by atoms with E-state index in [9.17, 15) is 9.59 Å². The summed E-state index contributed by atoms with van der Waals surface area (Å²) in [6.45, 7) is 4.32. The Morgan fingerprint density at radius 2 is 2.19 bits per heavy atom. The lowest BCUT2D eigenvalue weighted by molar-refractivity contribution is -0.139. The minimum atomic E-state index is -1.01. The molecule has 0 fully saturated rings. The lowest BCUT2D eigenvalue weighted by atomic mass is 10.2. The van der Waals surface area contributed by atoms with E-state index in [1.807, 2.05) is 6.92 Å². The first-order valence-electron chi connectivity index (χ1n) is 5.29. The van der Waals surface area contributed by atoms with Crippen LogP contribution < -0.4 is 5.32 Å². The molecule has 1 atom stereocenters. The molecule has 16 heavy (non-hydrogen) atoms. The zero-order chi connectivity index (χ0) is 12.1. The molecule has 1 heterocycles. The van der Waals surface area contributed by atoms with Crippen molar-refractivity contribution in [2.45, 2.75) is 32.9 Å². The van der Waals surface area contributed by atoms with Crippen LogP contribution in [0.2, 0.25) is 0 Å².